The minimum absolute atomic E-state index is 0.209. The lowest BCUT2D eigenvalue weighted by molar-refractivity contribution is 0.102. The Bertz CT molecular complexity index is 994. The predicted molar refractivity (Wildman–Crippen MR) is 111 cm³/mol. The van der Waals surface area contributed by atoms with Crippen molar-refractivity contribution in [3.05, 3.63) is 59.4 Å². The van der Waals surface area contributed by atoms with E-state index >= 15 is 0 Å². The summed E-state index contributed by atoms with van der Waals surface area (Å²) in [6.45, 7) is 6.66. The van der Waals surface area contributed by atoms with Crippen LogP contribution in [0.2, 0.25) is 0 Å². The average molecular weight is 378 g/mol. The summed E-state index contributed by atoms with van der Waals surface area (Å²) < 4.78 is 5.87. The van der Waals surface area contributed by atoms with Crippen molar-refractivity contribution in [3.63, 3.8) is 0 Å². The molecule has 5 heteroatoms. The van der Waals surface area contributed by atoms with Gasteiger partial charge < -0.3 is 14.8 Å². The van der Waals surface area contributed by atoms with Crippen LogP contribution in [0.4, 0.5) is 5.69 Å². The van der Waals surface area contributed by atoms with Crippen molar-refractivity contribution in [2.24, 2.45) is 5.92 Å². The summed E-state index contributed by atoms with van der Waals surface area (Å²) in [6, 6.07) is 12.8. The van der Waals surface area contributed by atoms with Gasteiger partial charge >= 0.3 is 0 Å². The highest BCUT2D eigenvalue weighted by molar-refractivity contribution is 6.14. The Morgan fingerprint density at radius 2 is 2.04 bits per heavy atom. The summed E-state index contributed by atoms with van der Waals surface area (Å²) in [5.74, 6) is 1.19. The fourth-order valence-electron chi connectivity index (χ4n) is 4.17. The molecule has 1 fully saturated rings. The number of piperidine rings is 1. The van der Waals surface area contributed by atoms with Crippen molar-refractivity contribution in [2.45, 2.75) is 33.2 Å². The third kappa shape index (κ3) is 3.62. The fraction of sp³-hybridized carbons (Fsp3) is 0.348. The maximum absolute atomic E-state index is 13.1. The minimum Gasteiger partial charge on any atom is -0.508 e. The van der Waals surface area contributed by atoms with Crippen LogP contribution in [-0.2, 0) is 6.54 Å². The number of benzene rings is 2. The molecule has 0 spiro atoms. The van der Waals surface area contributed by atoms with Gasteiger partial charge in [-0.2, -0.15) is 0 Å². The lowest BCUT2D eigenvalue weighted by Crippen LogP contribution is -2.33. The number of para-hydroxylation sites is 1. The number of amides is 1. The van der Waals surface area contributed by atoms with E-state index in [4.69, 9.17) is 4.42 Å². The smallest absolute Gasteiger partial charge is 0.259 e. The molecule has 0 saturated carbocycles. The normalized spacial score (nSPS) is 17.7. The van der Waals surface area contributed by atoms with Gasteiger partial charge in [0.05, 0.1) is 5.56 Å². The van der Waals surface area contributed by atoms with E-state index in [2.05, 4.69) is 17.1 Å². The van der Waals surface area contributed by atoms with Crippen molar-refractivity contribution in [1.82, 2.24) is 4.90 Å². The van der Waals surface area contributed by atoms with E-state index in [1.165, 1.54) is 6.42 Å². The number of carbonyl (C=O) groups is 1. The molecule has 146 valence electrons. The van der Waals surface area contributed by atoms with Gasteiger partial charge in [0.15, 0.2) is 0 Å². The van der Waals surface area contributed by atoms with Gasteiger partial charge in [0.2, 0.25) is 0 Å². The van der Waals surface area contributed by atoms with E-state index in [0.29, 0.717) is 34.8 Å². The molecule has 5 nitrogen and oxygen atoms in total. The van der Waals surface area contributed by atoms with Crippen LogP contribution in [0.15, 0.2) is 46.9 Å². The van der Waals surface area contributed by atoms with Crippen LogP contribution in [0, 0.1) is 12.8 Å². The number of phenols is 1. The first-order valence-corrected chi connectivity index (χ1v) is 9.85. The van der Waals surface area contributed by atoms with Crippen LogP contribution in [0.25, 0.3) is 11.0 Å². The van der Waals surface area contributed by atoms with Gasteiger partial charge in [0.1, 0.15) is 17.1 Å². The van der Waals surface area contributed by atoms with E-state index in [-0.39, 0.29) is 11.7 Å². The van der Waals surface area contributed by atoms with Crippen LogP contribution < -0.4 is 5.32 Å². The van der Waals surface area contributed by atoms with Gasteiger partial charge in [-0.3, -0.25) is 9.69 Å². The SMILES string of the molecule is Cc1oc2ccc(O)c(CN3CCCC(C)C3)c2c1C(=O)Nc1ccccc1. The summed E-state index contributed by atoms with van der Waals surface area (Å²) >= 11 is 0. The molecule has 1 saturated heterocycles. The van der Waals surface area contributed by atoms with Crippen LogP contribution in [0.1, 0.15) is 41.4 Å². The number of aryl methyl sites for hydroxylation is 1. The van der Waals surface area contributed by atoms with Crippen LogP contribution >= 0.6 is 0 Å². The Kier molecular flexibility index (Phi) is 5.09. The molecule has 1 aliphatic rings. The van der Waals surface area contributed by atoms with Gasteiger partial charge in [0.25, 0.3) is 5.91 Å². The molecule has 2 aromatic carbocycles. The molecule has 0 radical (unpaired) electrons. The predicted octanol–water partition coefficient (Wildman–Crippen LogP) is 4.93. The molecular weight excluding hydrogens is 352 g/mol. The first-order valence-electron chi connectivity index (χ1n) is 9.85. The standard InChI is InChI=1S/C23H26N2O3/c1-15-7-6-12-25(13-15)14-18-19(26)10-11-20-22(18)21(16(2)28-20)23(27)24-17-8-4-3-5-9-17/h3-5,8-11,15,26H,6-7,12-14H2,1-2H3,(H,24,27). The Morgan fingerprint density at radius 3 is 2.79 bits per heavy atom. The lowest BCUT2D eigenvalue weighted by atomic mass is 9.98. The Labute approximate surface area is 165 Å². The molecular formula is C23H26N2O3. The summed E-state index contributed by atoms with van der Waals surface area (Å²) in [4.78, 5) is 15.4. The summed E-state index contributed by atoms with van der Waals surface area (Å²) in [6.07, 6.45) is 2.39. The Balaban J connectivity index is 1.73. The summed E-state index contributed by atoms with van der Waals surface area (Å²) in [5, 5.41) is 14.3. The van der Waals surface area contributed by atoms with Crippen molar-refractivity contribution >= 4 is 22.6 Å². The van der Waals surface area contributed by atoms with Crippen molar-refractivity contribution in [1.29, 1.82) is 0 Å². The number of aromatic hydroxyl groups is 1. The number of anilines is 1. The quantitative estimate of drug-likeness (QED) is 0.675. The molecule has 1 atom stereocenters. The van der Waals surface area contributed by atoms with E-state index < -0.39 is 0 Å². The van der Waals surface area contributed by atoms with Gasteiger partial charge in [-0.25, -0.2) is 0 Å². The number of rotatable bonds is 4. The van der Waals surface area contributed by atoms with E-state index in [1.807, 2.05) is 30.3 Å². The molecule has 2 N–H and O–H groups in total. The van der Waals surface area contributed by atoms with Crippen molar-refractivity contribution < 1.29 is 14.3 Å². The average Bonchev–Trinajstić information content (AvgIpc) is 3.01. The third-order valence-corrected chi connectivity index (χ3v) is 5.50. The molecule has 28 heavy (non-hydrogen) atoms. The van der Waals surface area contributed by atoms with Crippen LogP contribution in [0.3, 0.4) is 0 Å². The Morgan fingerprint density at radius 1 is 1.25 bits per heavy atom. The van der Waals surface area contributed by atoms with Crippen molar-refractivity contribution in [2.75, 3.05) is 18.4 Å². The minimum atomic E-state index is -0.221. The molecule has 4 rings (SSSR count). The molecule has 3 aromatic rings. The van der Waals surface area contributed by atoms with Gasteiger partial charge in [-0.05, 0) is 56.5 Å². The third-order valence-electron chi connectivity index (χ3n) is 5.50. The molecule has 1 amide bonds. The number of hydrogen-bond donors (Lipinski definition) is 2. The number of phenolic OH excluding ortho intramolecular Hbond substituents is 1. The number of fused-ring (bicyclic) bond motifs is 1. The number of likely N-dealkylation sites (tertiary alicyclic amines) is 1. The Hall–Kier alpha value is -2.79. The monoisotopic (exact) mass is 378 g/mol. The first-order chi connectivity index (χ1) is 13.5. The second-order valence-electron chi connectivity index (χ2n) is 7.77. The summed E-state index contributed by atoms with van der Waals surface area (Å²) in [5.41, 5.74) is 2.62. The van der Waals surface area contributed by atoms with Crippen LogP contribution in [0.5, 0.6) is 5.75 Å². The molecule has 1 unspecified atom stereocenters. The van der Waals surface area contributed by atoms with Gasteiger partial charge in [-0.1, -0.05) is 25.1 Å². The molecule has 0 aliphatic carbocycles. The van der Waals surface area contributed by atoms with E-state index in [0.717, 1.165) is 30.8 Å². The molecule has 0 bridgehead atoms. The lowest BCUT2D eigenvalue weighted by Gasteiger charge is -2.31. The molecule has 2 heterocycles. The molecule has 1 aromatic heterocycles. The zero-order valence-corrected chi connectivity index (χ0v) is 16.4. The number of nitrogens with one attached hydrogen (secondary N) is 1. The van der Waals surface area contributed by atoms with Gasteiger partial charge in [-0.15, -0.1) is 0 Å². The highest BCUT2D eigenvalue weighted by atomic mass is 16.3. The number of hydrogen-bond acceptors (Lipinski definition) is 4. The summed E-state index contributed by atoms with van der Waals surface area (Å²) in [7, 11) is 0. The highest BCUT2D eigenvalue weighted by Gasteiger charge is 2.25. The van der Waals surface area contributed by atoms with Crippen molar-refractivity contribution in [3.8, 4) is 5.75 Å². The van der Waals surface area contributed by atoms with Crippen LogP contribution in [-0.4, -0.2) is 29.0 Å². The second kappa shape index (κ2) is 7.68. The fourth-order valence-corrected chi connectivity index (χ4v) is 4.17. The zero-order valence-electron chi connectivity index (χ0n) is 16.4. The van der Waals surface area contributed by atoms with Gasteiger partial charge in [0, 0.05) is 29.7 Å². The first kappa shape index (κ1) is 18.6. The number of nitrogens with zero attached hydrogens (tertiary/aromatic N) is 1. The number of carbonyl (C=O) groups excluding carboxylic acids is 1. The maximum atomic E-state index is 13.1. The molecule has 1 aliphatic heterocycles. The largest absolute Gasteiger partial charge is 0.508 e. The van der Waals surface area contributed by atoms with E-state index in [1.54, 1.807) is 19.1 Å². The topological polar surface area (TPSA) is 65.7 Å². The second-order valence-corrected chi connectivity index (χ2v) is 7.77. The number of furan rings is 1. The van der Waals surface area contributed by atoms with E-state index in [9.17, 15) is 9.90 Å². The highest BCUT2D eigenvalue weighted by Crippen LogP contribution is 2.35. The maximum Gasteiger partial charge on any atom is 0.259 e. The zero-order chi connectivity index (χ0) is 19.7.